The molecule has 22 heavy (non-hydrogen) atoms. The average molecular weight is 368 g/mol. The second-order valence-electron chi connectivity index (χ2n) is 5.38. The zero-order valence-corrected chi connectivity index (χ0v) is 13.6. The molecule has 1 fully saturated rings. The maximum absolute atomic E-state index is 13.4. The number of carbonyl (C=O) groups is 1. The Hall–Kier alpha value is -1.76. The summed E-state index contributed by atoms with van der Waals surface area (Å²) >= 11 is 3.21. The number of aryl methyl sites for hydroxylation is 1. The van der Waals surface area contributed by atoms with E-state index in [1.165, 1.54) is 12.1 Å². The summed E-state index contributed by atoms with van der Waals surface area (Å²) in [6.45, 7) is 2.95. The second kappa shape index (κ2) is 6.16. The molecule has 0 N–H and O–H groups in total. The second-order valence-corrected chi connectivity index (χ2v) is 6.30. The minimum absolute atomic E-state index is 0.152. The van der Waals surface area contributed by atoms with E-state index in [0.29, 0.717) is 34.9 Å². The van der Waals surface area contributed by atoms with E-state index in [0.717, 1.165) is 12.8 Å². The third-order valence-electron chi connectivity index (χ3n) is 3.78. The molecule has 3 rings (SSSR count). The van der Waals surface area contributed by atoms with Gasteiger partial charge in [-0.15, -0.1) is 10.2 Å². The summed E-state index contributed by atoms with van der Waals surface area (Å²) < 4.78 is 19.4. The largest absolute Gasteiger partial charge is 0.425 e. The highest BCUT2D eigenvalue weighted by Gasteiger charge is 2.27. The Morgan fingerprint density at radius 3 is 2.64 bits per heavy atom. The van der Waals surface area contributed by atoms with Crippen LogP contribution < -0.4 is 0 Å². The Labute approximate surface area is 135 Å². The summed E-state index contributed by atoms with van der Waals surface area (Å²) in [5.74, 6) is 0.801. The highest BCUT2D eigenvalue weighted by Crippen LogP contribution is 2.28. The van der Waals surface area contributed by atoms with Gasteiger partial charge >= 0.3 is 0 Å². The van der Waals surface area contributed by atoms with Crippen molar-refractivity contribution in [3.05, 3.63) is 45.8 Å². The maximum Gasteiger partial charge on any atom is 0.253 e. The molecule has 0 bridgehead atoms. The topological polar surface area (TPSA) is 59.2 Å². The van der Waals surface area contributed by atoms with Crippen molar-refractivity contribution >= 4 is 21.8 Å². The van der Waals surface area contributed by atoms with Crippen molar-refractivity contribution in [1.29, 1.82) is 0 Å². The summed E-state index contributed by atoms with van der Waals surface area (Å²) in [6.07, 6.45) is 1.54. The van der Waals surface area contributed by atoms with Gasteiger partial charge in [0, 0.05) is 36.0 Å². The lowest BCUT2D eigenvalue weighted by molar-refractivity contribution is 0.0705. The van der Waals surface area contributed by atoms with Gasteiger partial charge in [0.2, 0.25) is 11.8 Å². The van der Waals surface area contributed by atoms with Gasteiger partial charge in [-0.2, -0.15) is 0 Å². The minimum Gasteiger partial charge on any atom is -0.425 e. The van der Waals surface area contributed by atoms with Gasteiger partial charge in [-0.25, -0.2) is 4.39 Å². The Balaban J connectivity index is 1.67. The molecule has 0 atom stereocenters. The van der Waals surface area contributed by atoms with Crippen LogP contribution in [0.15, 0.2) is 27.1 Å². The molecule has 116 valence electrons. The molecule has 1 aliphatic rings. The Bertz CT molecular complexity index is 676. The molecular weight excluding hydrogens is 353 g/mol. The lowest BCUT2D eigenvalue weighted by Gasteiger charge is -2.30. The maximum atomic E-state index is 13.4. The number of carbonyl (C=O) groups excluding carboxylic acids is 1. The molecule has 1 amide bonds. The number of aromatic nitrogens is 2. The summed E-state index contributed by atoms with van der Waals surface area (Å²) in [6, 6.07) is 4.24. The number of amides is 1. The molecule has 2 heterocycles. The van der Waals surface area contributed by atoms with Crippen LogP contribution in [0, 0.1) is 12.7 Å². The molecule has 7 heteroatoms. The molecule has 1 aromatic heterocycles. The van der Waals surface area contributed by atoms with Crippen LogP contribution in [-0.4, -0.2) is 34.1 Å². The molecule has 0 radical (unpaired) electrons. The molecule has 5 nitrogen and oxygen atoms in total. The number of nitrogens with zero attached hydrogens (tertiary/aromatic N) is 3. The molecule has 0 spiro atoms. The zero-order chi connectivity index (χ0) is 15.7. The predicted molar refractivity (Wildman–Crippen MR) is 81.0 cm³/mol. The quantitative estimate of drug-likeness (QED) is 0.816. The number of benzene rings is 1. The summed E-state index contributed by atoms with van der Waals surface area (Å²) in [7, 11) is 0. The molecule has 0 saturated carbocycles. The number of hydrogen-bond donors (Lipinski definition) is 0. The van der Waals surface area contributed by atoms with Crippen molar-refractivity contribution in [2.75, 3.05) is 13.1 Å². The number of hydrogen-bond acceptors (Lipinski definition) is 4. The van der Waals surface area contributed by atoms with Gasteiger partial charge < -0.3 is 9.32 Å². The fourth-order valence-electron chi connectivity index (χ4n) is 2.67. The van der Waals surface area contributed by atoms with E-state index in [4.69, 9.17) is 4.42 Å². The van der Waals surface area contributed by atoms with Crippen molar-refractivity contribution in [2.45, 2.75) is 25.7 Å². The first kappa shape index (κ1) is 15.1. The molecule has 1 aromatic carbocycles. The molecular formula is C15H15BrFN3O2. The molecule has 2 aromatic rings. The summed E-state index contributed by atoms with van der Waals surface area (Å²) in [4.78, 5) is 14.2. The number of rotatable bonds is 2. The van der Waals surface area contributed by atoms with Crippen molar-refractivity contribution in [3.8, 4) is 0 Å². The van der Waals surface area contributed by atoms with E-state index in [-0.39, 0.29) is 11.8 Å². The van der Waals surface area contributed by atoms with E-state index in [9.17, 15) is 9.18 Å². The van der Waals surface area contributed by atoms with E-state index in [1.54, 1.807) is 17.9 Å². The highest BCUT2D eigenvalue weighted by atomic mass is 79.9. The van der Waals surface area contributed by atoms with Crippen LogP contribution in [0.1, 0.15) is 40.9 Å². The standard InChI is InChI=1S/C15H15BrFN3O2/c1-9-18-19-14(22-9)10-2-4-20(5-3-10)15(21)11-6-12(16)8-13(17)7-11/h6-8,10H,2-5H2,1H3. The van der Waals surface area contributed by atoms with Gasteiger partial charge in [0.15, 0.2) is 0 Å². The van der Waals surface area contributed by atoms with Crippen molar-refractivity contribution in [1.82, 2.24) is 15.1 Å². The van der Waals surface area contributed by atoms with Gasteiger partial charge in [0.05, 0.1) is 0 Å². The first-order valence-corrected chi connectivity index (χ1v) is 7.87. The van der Waals surface area contributed by atoms with Gasteiger partial charge in [-0.1, -0.05) is 15.9 Å². The Morgan fingerprint density at radius 1 is 1.32 bits per heavy atom. The monoisotopic (exact) mass is 367 g/mol. The Kier molecular flexibility index (Phi) is 4.24. The lowest BCUT2D eigenvalue weighted by atomic mass is 9.96. The average Bonchev–Trinajstić information content (AvgIpc) is 2.92. The van der Waals surface area contributed by atoms with E-state index in [1.807, 2.05) is 0 Å². The van der Waals surface area contributed by atoms with Crippen LogP contribution in [0.4, 0.5) is 4.39 Å². The lowest BCUT2D eigenvalue weighted by Crippen LogP contribution is -2.38. The van der Waals surface area contributed by atoms with Gasteiger partial charge in [0.1, 0.15) is 5.82 Å². The number of halogens is 2. The fraction of sp³-hybridized carbons (Fsp3) is 0.400. The smallest absolute Gasteiger partial charge is 0.253 e. The van der Waals surface area contributed by atoms with Crippen LogP contribution in [0.2, 0.25) is 0 Å². The van der Waals surface area contributed by atoms with Crippen LogP contribution in [-0.2, 0) is 0 Å². The highest BCUT2D eigenvalue weighted by molar-refractivity contribution is 9.10. The van der Waals surface area contributed by atoms with Gasteiger partial charge in [0.25, 0.3) is 5.91 Å². The molecule has 0 aliphatic carbocycles. The summed E-state index contributed by atoms with van der Waals surface area (Å²) in [5.41, 5.74) is 0.360. The third kappa shape index (κ3) is 3.19. The molecule has 1 saturated heterocycles. The number of piperidine rings is 1. The van der Waals surface area contributed by atoms with Crippen LogP contribution in [0.25, 0.3) is 0 Å². The van der Waals surface area contributed by atoms with Crippen LogP contribution in [0.3, 0.4) is 0 Å². The SMILES string of the molecule is Cc1nnc(C2CCN(C(=O)c3cc(F)cc(Br)c3)CC2)o1. The summed E-state index contributed by atoms with van der Waals surface area (Å²) in [5, 5.41) is 7.88. The van der Waals surface area contributed by atoms with Gasteiger partial charge in [-0.05, 0) is 31.0 Å². The molecule has 1 aliphatic heterocycles. The number of likely N-dealkylation sites (tertiary alicyclic amines) is 1. The van der Waals surface area contributed by atoms with Crippen molar-refractivity contribution in [3.63, 3.8) is 0 Å². The van der Waals surface area contributed by atoms with E-state index < -0.39 is 5.82 Å². The van der Waals surface area contributed by atoms with Gasteiger partial charge in [-0.3, -0.25) is 4.79 Å². The zero-order valence-electron chi connectivity index (χ0n) is 12.1. The minimum atomic E-state index is -0.422. The first-order valence-electron chi connectivity index (χ1n) is 7.08. The Morgan fingerprint density at radius 2 is 2.05 bits per heavy atom. The molecule has 0 unspecified atom stereocenters. The predicted octanol–water partition coefficient (Wildman–Crippen LogP) is 3.30. The normalized spacial score (nSPS) is 16.0. The third-order valence-corrected chi connectivity index (χ3v) is 4.24. The first-order chi connectivity index (χ1) is 10.5. The van der Waals surface area contributed by atoms with E-state index in [2.05, 4.69) is 26.1 Å². The van der Waals surface area contributed by atoms with Crippen molar-refractivity contribution < 1.29 is 13.6 Å². The van der Waals surface area contributed by atoms with E-state index >= 15 is 0 Å². The van der Waals surface area contributed by atoms with Crippen molar-refractivity contribution in [2.24, 2.45) is 0 Å². The van der Waals surface area contributed by atoms with Crippen LogP contribution in [0.5, 0.6) is 0 Å². The van der Waals surface area contributed by atoms with Crippen LogP contribution >= 0.6 is 15.9 Å². The fourth-order valence-corrected chi connectivity index (χ4v) is 3.13.